The molecular weight excluding hydrogens is 259 g/mol. The quantitative estimate of drug-likeness (QED) is 0.866. The first-order chi connectivity index (χ1) is 8.08. The molecule has 1 aromatic carbocycles. The summed E-state index contributed by atoms with van der Waals surface area (Å²) >= 11 is 7.63. The van der Waals surface area contributed by atoms with Gasteiger partial charge in [-0.2, -0.15) is 11.8 Å². The summed E-state index contributed by atoms with van der Waals surface area (Å²) in [5.41, 5.74) is 6.60. The second-order valence-electron chi connectivity index (χ2n) is 3.93. The number of halogens is 2. The lowest BCUT2D eigenvalue weighted by Crippen LogP contribution is -2.32. The number of nitrogens with zero attached hydrogens (tertiary/aromatic N) is 1. The highest BCUT2D eigenvalue weighted by Gasteiger charge is 2.16. The van der Waals surface area contributed by atoms with Crippen LogP contribution in [0.5, 0.6) is 0 Å². The zero-order valence-electron chi connectivity index (χ0n) is 10.1. The van der Waals surface area contributed by atoms with Crippen LogP contribution in [0, 0.1) is 5.82 Å². The summed E-state index contributed by atoms with van der Waals surface area (Å²) < 4.78 is 13.3. The minimum atomic E-state index is -0.316. The van der Waals surface area contributed by atoms with Crippen molar-refractivity contribution in [3.05, 3.63) is 34.6 Å². The Kier molecular flexibility index (Phi) is 6.27. The first-order valence-electron chi connectivity index (χ1n) is 5.43. The maximum atomic E-state index is 13.3. The molecule has 1 unspecified atom stereocenters. The van der Waals surface area contributed by atoms with E-state index in [4.69, 9.17) is 17.3 Å². The molecule has 0 aromatic heterocycles. The molecule has 0 radical (unpaired) electrons. The lowest BCUT2D eigenvalue weighted by molar-refractivity contribution is 0.265. The number of hydrogen-bond donors (Lipinski definition) is 1. The molecule has 0 fully saturated rings. The van der Waals surface area contributed by atoms with Crippen LogP contribution in [0.25, 0.3) is 0 Å². The van der Waals surface area contributed by atoms with Gasteiger partial charge in [0.15, 0.2) is 0 Å². The van der Waals surface area contributed by atoms with E-state index in [9.17, 15) is 4.39 Å². The highest BCUT2D eigenvalue weighted by Crippen LogP contribution is 2.23. The molecule has 0 aliphatic carbocycles. The molecule has 0 aliphatic heterocycles. The van der Waals surface area contributed by atoms with Crippen LogP contribution in [0.3, 0.4) is 0 Å². The smallest absolute Gasteiger partial charge is 0.125 e. The second-order valence-corrected chi connectivity index (χ2v) is 5.35. The van der Waals surface area contributed by atoms with E-state index < -0.39 is 0 Å². The minimum absolute atomic E-state index is 0.00958. The molecule has 0 spiro atoms. The van der Waals surface area contributed by atoms with Gasteiger partial charge in [0.05, 0.1) is 0 Å². The number of hydrogen-bond acceptors (Lipinski definition) is 3. The van der Waals surface area contributed by atoms with Crippen molar-refractivity contribution in [1.82, 2.24) is 4.90 Å². The van der Waals surface area contributed by atoms with Gasteiger partial charge in [0, 0.05) is 29.9 Å². The number of likely N-dealkylation sites (N-methyl/N-ethyl adjacent to an activating group) is 1. The Hall–Kier alpha value is -0.290. The molecule has 0 aliphatic rings. The maximum absolute atomic E-state index is 13.3. The fourth-order valence-electron chi connectivity index (χ4n) is 1.73. The van der Waals surface area contributed by atoms with Crippen molar-refractivity contribution in [2.24, 2.45) is 5.73 Å². The monoisotopic (exact) mass is 276 g/mol. The van der Waals surface area contributed by atoms with Crippen molar-refractivity contribution < 1.29 is 4.39 Å². The van der Waals surface area contributed by atoms with Gasteiger partial charge in [0.2, 0.25) is 0 Å². The van der Waals surface area contributed by atoms with Gasteiger partial charge in [-0.15, -0.1) is 0 Å². The molecule has 2 N–H and O–H groups in total. The van der Waals surface area contributed by atoms with E-state index in [1.54, 1.807) is 17.8 Å². The van der Waals surface area contributed by atoms with Crippen LogP contribution in [-0.2, 0) is 0 Å². The standard InChI is InChI=1S/C12H18ClFN2S/c1-16(3-4-17-2)12(8-15)9-5-10(13)7-11(14)6-9/h5-7,12H,3-4,8,15H2,1-2H3. The molecule has 0 bridgehead atoms. The summed E-state index contributed by atoms with van der Waals surface area (Å²) in [5.74, 6) is 0.708. The molecule has 0 saturated carbocycles. The van der Waals surface area contributed by atoms with Crippen molar-refractivity contribution in [2.75, 3.05) is 32.1 Å². The summed E-state index contributed by atoms with van der Waals surface area (Å²) in [6.45, 7) is 1.36. The molecule has 17 heavy (non-hydrogen) atoms. The molecule has 0 amide bonds. The van der Waals surface area contributed by atoms with Crippen LogP contribution in [0.4, 0.5) is 4.39 Å². The third-order valence-corrected chi connectivity index (χ3v) is 3.48. The second kappa shape index (κ2) is 7.21. The van der Waals surface area contributed by atoms with Gasteiger partial charge in [0.25, 0.3) is 0 Å². The summed E-state index contributed by atoms with van der Waals surface area (Å²) in [7, 11) is 1.99. The predicted octanol–water partition coefficient (Wildman–Crippen LogP) is 2.77. The van der Waals surface area contributed by atoms with Crippen molar-refractivity contribution >= 4 is 23.4 Å². The third-order valence-electron chi connectivity index (χ3n) is 2.67. The fraction of sp³-hybridized carbons (Fsp3) is 0.500. The largest absolute Gasteiger partial charge is 0.329 e. The average Bonchev–Trinajstić information content (AvgIpc) is 2.26. The van der Waals surface area contributed by atoms with Crippen molar-refractivity contribution in [3.63, 3.8) is 0 Å². The molecule has 0 heterocycles. The topological polar surface area (TPSA) is 29.3 Å². The molecular formula is C12H18ClFN2S. The SMILES string of the molecule is CSCCN(C)C(CN)c1cc(F)cc(Cl)c1. The first-order valence-corrected chi connectivity index (χ1v) is 7.21. The highest BCUT2D eigenvalue weighted by atomic mass is 35.5. The summed E-state index contributed by atoms with van der Waals surface area (Å²) in [4.78, 5) is 2.13. The molecule has 5 heteroatoms. The van der Waals surface area contributed by atoms with Gasteiger partial charge < -0.3 is 5.73 Å². The van der Waals surface area contributed by atoms with Gasteiger partial charge in [-0.05, 0) is 37.1 Å². The van der Waals surface area contributed by atoms with Gasteiger partial charge in [-0.3, -0.25) is 4.90 Å². The van der Waals surface area contributed by atoms with E-state index in [1.807, 2.05) is 7.05 Å². The van der Waals surface area contributed by atoms with Crippen LogP contribution < -0.4 is 5.73 Å². The van der Waals surface area contributed by atoms with E-state index in [-0.39, 0.29) is 11.9 Å². The van der Waals surface area contributed by atoms with E-state index in [1.165, 1.54) is 12.1 Å². The summed E-state index contributed by atoms with van der Waals surface area (Å²) in [6, 6.07) is 4.59. The fourth-order valence-corrected chi connectivity index (χ4v) is 2.43. The van der Waals surface area contributed by atoms with Gasteiger partial charge >= 0.3 is 0 Å². The van der Waals surface area contributed by atoms with E-state index >= 15 is 0 Å². The van der Waals surface area contributed by atoms with Crippen molar-refractivity contribution in [3.8, 4) is 0 Å². The van der Waals surface area contributed by atoms with Crippen LogP contribution in [0.2, 0.25) is 5.02 Å². The first kappa shape index (κ1) is 14.8. The van der Waals surface area contributed by atoms with Gasteiger partial charge in [-0.25, -0.2) is 4.39 Å². The molecule has 1 rings (SSSR count). The normalized spacial score (nSPS) is 13.1. The van der Waals surface area contributed by atoms with Crippen molar-refractivity contribution in [1.29, 1.82) is 0 Å². The zero-order chi connectivity index (χ0) is 12.8. The van der Waals surface area contributed by atoms with Crippen molar-refractivity contribution in [2.45, 2.75) is 6.04 Å². The van der Waals surface area contributed by atoms with Gasteiger partial charge in [0.1, 0.15) is 5.82 Å². The molecule has 0 saturated heterocycles. The lowest BCUT2D eigenvalue weighted by Gasteiger charge is -2.27. The number of thioether (sulfide) groups is 1. The molecule has 96 valence electrons. The van der Waals surface area contributed by atoms with E-state index in [2.05, 4.69) is 11.2 Å². The maximum Gasteiger partial charge on any atom is 0.125 e. The Morgan fingerprint density at radius 2 is 2.18 bits per heavy atom. The Balaban J connectivity index is 2.84. The van der Waals surface area contributed by atoms with Crippen LogP contribution in [0.15, 0.2) is 18.2 Å². The third kappa shape index (κ3) is 4.47. The molecule has 1 aromatic rings. The Labute approximate surface area is 111 Å². The number of benzene rings is 1. The van der Waals surface area contributed by atoms with Crippen LogP contribution in [0.1, 0.15) is 11.6 Å². The van der Waals surface area contributed by atoms with Gasteiger partial charge in [-0.1, -0.05) is 11.6 Å². The summed E-state index contributed by atoms with van der Waals surface area (Å²) in [5, 5.41) is 0.414. The molecule has 2 nitrogen and oxygen atoms in total. The Morgan fingerprint density at radius 3 is 2.71 bits per heavy atom. The predicted molar refractivity (Wildman–Crippen MR) is 74.2 cm³/mol. The summed E-state index contributed by atoms with van der Waals surface area (Å²) in [6.07, 6.45) is 2.06. The average molecular weight is 277 g/mol. The van der Waals surface area contributed by atoms with Crippen LogP contribution >= 0.6 is 23.4 Å². The Morgan fingerprint density at radius 1 is 1.47 bits per heavy atom. The van der Waals surface area contributed by atoms with E-state index in [0.29, 0.717) is 11.6 Å². The Bertz CT molecular complexity index is 342. The highest BCUT2D eigenvalue weighted by molar-refractivity contribution is 7.98. The minimum Gasteiger partial charge on any atom is -0.329 e. The number of nitrogens with two attached hydrogens (primary N) is 1. The van der Waals surface area contributed by atoms with Crippen LogP contribution in [-0.4, -0.2) is 37.0 Å². The zero-order valence-corrected chi connectivity index (χ0v) is 11.7. The molecule has 1 atom stereocenters. The van der Waals surface area contributed by atoms with E-state index in [0.717, 1.165) is 17.9 Å². The number of rotatable bonds is 6. The lowest BCUT2D eigenvalue weighted by atomic mass is 10.1.